The molecule has 0 spiro atoms. The highest BCUT2D eigenvalue weighted by Gasteiger charge is 2.24. The van der Waals surface area contributed by atoms with Gasteiger partial charge in [0, 0.05) is 12.6 Å². The number of hydrogen-bond acceptors (Lipinski definition) is 4. The van der Waals surface area contributed by atoms with Crippen molar-refractivity contribution in [2.75, 3.05) is 18.1 Å². The first-order valence-electron chi connectivity index (χ1n) is 6.24. The summed E-state index contributed by atoms with van der Waals surface area (Å²) in [6.07, 6.45) is 4.91. The molecular weight excluding hydrogens is 216 g/mol. The van der Waals surface area contributed by atoms with E-state index in [9.17, 15) is 5.11 Å². The maximum Gasteiger partial charge on any atom is 0.0931 e. The number of aromatic nitrogens is 1. The van der Waals surface area contributed by atoms with Gasteiger partial charge in [-0.3, -0.25) is 4.98 Å². The topological polar surface area (TPSA) is 56.6 Å². The molecular formula is C13H20N2O2. The van der Waals surface area contributed by atoms with Gasteiger partial charge in [0.25, 0.3) is 0 Å². The van der Waals surface area contributed by atoms with Gasteiger partial charge in [0.1, 0.15) is 0 Å². The van der Waals surface area contributed by atoms with Crippen molar-refractivity contribution in [1.29, 1.82) is 0 Å². The van der Waals surface area contributed by atoms with Gasteiger partial charge in [0.15, 0.2) is 0 Å². The summed E-state index contributed by atoms with van der Waals surface area (Å²) < 4.78 is 0. The van der Waals surface area contributed by atoms with E-state index >= 15 is 0 Å². The SMILES string of the molecule is C[C@H](O)c1ccc(N(CCO)C2CCC2)cn1. The Hall–Kier alpha value is -1.13. The smallest absolute Gasteiger partial charge is 0.0931 e. The highest BCUT2D eigenvalue weighted by atomic mass is 16.3. The van der Waals surface area contributed by atoms with Crippen molar-refractivity contribution in [2.24, 2.45) is 0 Å². The number of hydrogen-bond donors (Lipinski definition) is 2. The van der Waals surface area contributed by atoms with E-state index in [4.69, 9.17) is 5.11 Å². The van der Waals surface area contributed by atoms with Crippen molar-refractivity contribution < 1.29 is 10.2 Å². The van der Waals surface area contributed by atoms with Crippen molar-refractivity contribution in [3.63, 3.8) is 0 Å². The predicted octanol–water partition coefficient (Wildman–Crippen LogP) is 1.49. The van der Waals surface area contributed by atoms with E-state index in [1.807, 2.05) is 12.1 Å². The molecule has 0 unspecified atom stereocenters. The van der Waals surface area contributed by atoms with Crippen molar-refractivity contribution in [2.45, 2.75) is 38.3 Å². The molecule has 94 valence electrons. The van der Waals surface area contributed by atoms with Gasteiger partial charge in [-0.25, -0.2) is 0 Å². The molecule has 4 nitrogen and oxygen atoms in total. The number of nitrogens with zero attached hydrogens (tertiary/aromatic N) is 2. The quantitative estimate of drug-likeness (QED) is 0.813. The third-order valence-corrected chi connectivity index (χ3v) is 3.39. The number of pyridine rings is 1. The summed E-state index contributed by atoms with van der Waals surface area (Å²) >= 11 is 0. The van der Waals surface area contributed by atoms with Crippen LogP contribution in [-0.2, 0) is 0 Å². The Morgan fingerprint density at radius 3 is 2.65 bits per heavy atom. The lowest BCUT2D eigenvalue weighted by molar-refractivity contribution is 0.194. The number of aliphatic hydroxyl groups is 2. The molecule has 17 heavy (non-hydrogen) atoms. The average molecular weight is 236 g/mol. The number of aliphatic hydroxyl groups excluding tert-OH is 2. The van der Waals surface area contributed by atoms with E-state index in [0.717, 1.165) is 5.69 Å². The average Bonchev–Trinajstić information content (AvgIpc) is 2.26. The molecule has 1 atom stereocenters. The molecule has 2 rings (SSSR count). The Morgan fingerprint density at radius 1 is 1.47 bits per heavy atom. The Morgan fingerprint density at radius 2 is 2.24 bits per heavy atom. The summed E-state index contributed by atoms with van der Waals surface area (Å²) in [7, 11) is 0. The van der Waals surface area contributed by atoms with Crippen LogP contribution in [0.5, 0.6) is 0 Å². The van der Waals surface area contributed by atoms with Crippen LogP contribution in [0.2, 0.25) is 0 Å². The maximum absolute atomic E-state index is 9.41. The zero-order valence-electron chi connectivity index (χ0n) is 10.2. The molecule has 0 saturated heterocycles. The molecule has 1 saturated carbocycles. The Balaban J connectivity index is 2.11. The third-order valence-electron chi connectivity index (χ3n) is 3.39. The van der Waals surface area contributed by atoms with Crippen LogP contribution >= 0.6 is 0 Å². The molecule has 1 aromatic heterocycles. The second kappa shape index (κ2) is 5.47. The molecule has 0 radical (unpaired) electrons. The van der Waals surface area contributed by atoms with Gasteiger partial charge in [-0.05, 0) is 38.3 Å². The van der Waals surface area contributed by atoms with E-state index < -0.39 is 6.10 Å². The highest BCUT2D eigenvalue weighted by Crippen LogP contribution is 2.29. The maximum atomic E-state index is 9.41. The molecule has 0 aliphatic heterocycles. The Kier molecular flexibility index (Phi) is 3.97. The predicted molar refractivity (Wildman–Crippen MR) is 66.9 cm³/mol. The first-order valence-corrected chi connectivity index (χ1v) is 6.24. The van der Waals surface area contributed by atoms with E-state index in [1.54, 1.807) is 13.1 Å². The second-order valence-electron chi connectivity index (χ2n) is 4.62. The van der Waals surface area contributed by atoms with Gasteiger partial charge in [0.05, 0.1) is 30.3 Å². The Labute approximate surface area is 102 Å². The number of anilines is 1. The van der Waals surface area contributed by atoms with Crippen LogP contribution in [0.3, 0.4) is 0 Å². The Bertz CT molecular complexity index is 347. The fourth-order valence-corrected chi connectivity index (χ4v) is 2.14. The van der Waals surface area contributed by atoms with Crippen LogP contribution in [0.1, 0.15) is 38.0 Å². The van der Waals surface area contributed by atoms with Gasteiger partial charge < -0.3 is 15.1 Å². The lowest BCUT2D eigenvalue weighted by Gasteiger charge is -2.38. The van der Waals surface area contributed by atoms with Gasteiger partial charge in [-0.1, -0.05) is 0 Å². The molecule has 1 aliphatic carbocycles. The van der Waals surface area contributed by atoms with Crippen LogP contribution in [-0.4, -0.2) is 34.4 Å². The van der Waals surface area contributed by atoms with Gasteiger partial charge in [-0.15, -0.1) is 0 Å². The van der Waals surface area contributed by atoms with E-state index in [0.29, 0.717) is 18.3 Å². The molecule has 0 aromatic carbocycles. The van der Waals surface area contributed by atoms with Gasteiger partial charge >= 0.3 is 0 Å². The van der Waals surface area contributed by atoms with E-state index in [2.05, 4.69) is 9.88 Å². The summed E-state index contributed by atoms with van der Waals surface area (Å²) in [4.78, 5) is 6.46. The molecule has 1 heterocycles. The number of rotatable bonds is 5. The van der Waals surface area contributed by atoms with Crippen molar-refractivity contribution in [1.82, 2.24) is 4.98 Å². The third kappa shape index (κ3) is 2.76. The van der Waals surface area contributed by atoms with E-state index in [-0.39, 0.29) is 6.61 Å². The zero-order valence-corrected chi connectivity index (χ0v) is 10.2. The van der Waals surface area contributed by atoms with Gasteiger partial charge in [0.2, 0.25) is 0 Å². The lowest BCUT2D eigenvalue weighted by Crippen LogP contribution is -2.42. The summed E-state index contributed by atoms with van der Waals surface area (Å²) in [5, 5.41) is 18.5. The van der Waals surface area contributed by atoms with Crippen LogP contribution in [0.4, 0.5) is 5.69 Å². The largest absolute Gasteiger partial charge is 0.395 e. The fourth-order valence-electron chi connectivity index (χ4n) is 2.14. The monoisotopic (exact) mass is 236 g/mol. The highest BCUT2D eigenvalue weighted by molar-refractivity contribution is 5.46. The molecule has 1 fully saturated rings. The standard InChI is InChI=1S/C13H20N2O2/c1-10(17)13-6-5-12(9-14-13)15(7-8-16)11-3-2-4-11/h5-6,9-11,16-17H,2-4,7-8H2,1H3/t10-/m0/s1. The lowest BCUT2D eigenvalue weighted by atomic mass is 9.91. The summed E-state index contributed by atoms with van der Waals surface area (Å²) in [6.45, 7) is 2.52. The minimum atomic E-state index is -0.529. The van der Waals surface area contributed by atoms with Crippen LogP contribution < -0.4 is 4.90 Å². The molecule has 0 bridgehead atoms. The van der Waals surface area contributed by atoms with Gasteiger partial charge in [-0.2, -0.15) is 0 Å². The van der Waals surface area contributed by atoms with Crippen molar-refractivity contribution in [3.8, 4) is 0 Å². The normalized spacial score (nSPS) is 17.6. The summed E-state index contributed by atoms with van der Waals surface area (Å²) in [5.74, 6) is 0. The van der Waals surface area contributed by atoms with Crippen LogP contribution in [0, 0.1) is 0 Å². The molecule has 2 N–H and O–H groups in total. The van der Waals surface area contributed by atoms with Crippen LogP contribution in [0.25, 0.3) is 0 Å². The minimum Gasteiger partial charge on any atom is -0.395 e. The fraction of sp³-hybridized carbons (Fsp3) is 0.615. The first-order chi connectivity index (χ1) is 8.22. The second-order valence-corrected chi connectivity index (χ2v) is 4.62. The summed E-state index contributed by atoms with van der Waals surface area (Å²) in [6, 6.07) is 4.37. The van der Waals surface area contributed by atoms with E-state index in [1.165, 1.54) is 19.3 Å². The first kappa shape index (κ1) is 12.3. The molecule has 1 aliphatic rings. The minimum absolute atomic E-state index is 0.161. The molecule has 0 amide bonds. The van der Waals surface area contributed by atoms with Crippen LogP contribution in [0.15, 0.2) is 18.3 Å². The molecule has 4 heteroatoms. The van der Waals surface area contributed by atoms with Crippen molar-refractivity contribution >= 4 is 5.69 Å². The molecule has 1 aromatic rings. The van der Waals surface area contributed by atoms with Crippen molar-refractivity contribution in [3.05, 3.63) is 24.0 Å². The zero-order chi connectivity index (χ0) is 12.3. The summed E-state index contributed by atoms with van der Waals surface area (Å²) in [5.41, 5.74) is 1.72.